The topological polar surface area (TPSA) is 170 Å². The summed E-state index contributed by atoms with van der Waals surface area (Å²) in [5.74, 6) is -2.93. The van der Waals surface area contributed by atoms with Crippen molar-refractivity contribution >= 4 is 37.2 Å². The molecule has 0 aromatic heterocycles. The molecule has 0 saturated heterocycles. The highest BCUT2D eigenvalue weighted by Gasteiger charge is 2.57. The summed E-state index contributed by atoms with van der Waals surface area (Å²) in [5.41, 5.74) is -1.30. The highest BCUT2D eigenvalue weighted by molar-refractivity contribution is 7.46. The first kappa shape index (κ1) is 36.1. The van der Waals surface area contributed by atoms with Gasteiger partial charge in [-0.05, 0) is 62.4 Å². The number of amides is 2. The zero-order valence-corrected chi connectivity index (χ0v) is 27.9. The van der Waals surface area contributed by atoms with Gasteiger partial charge >= 0.3 is 13.8 Å². The van der Waals surface area contributed by atoms with Crippen molar-refractivity contribution in [3.05, 3.63) is 88.4 Å². The first-order valence-electron chi connectivity index (χ1n) is 15.3. The summed E-state index contributed by atoms with van der Waals surface area (Å²) in [5, 5.41) is 5.84. The Morgan fingerprint density at radius 3 is 2.14 bits per heavy atom. The van der Waals surface area contributed by atoms with E-state index in [9.17, 15) is 37.5 Å². The highest BCUT2D eigenvalue weighted by atomic mass is 35.5. The van der Waals surface area contributed by atoms with Gasteiger partial charge in [-0.3, -0.25) is 24.2 Å². The predicted molar refractivity (Wildman–Crippen MR) is 171 cm³/mol. The van der Waals surface area contributed by atoms with Gasteiger partial charge in [-0.1, -0.05) is 35.9 Å². The van der Waals surface area contributed by atoms with E-state index >= 15 is 0 Å². The van der Waals surface area contributed by atoms with Gasteiger partial charge in [-0.15, -0.1) is 0 Å². The molecule has 12 nitrogen and oxygen atoms in total. The number of phosphoric ester groups is 1. The summed E-state index contributed by atoms with van der Waals surface area (Å²) in [4.78, 5) is 58.1. The van der Waals surface area contributed by atoms with Crippen molar-refractivity contribution in [2.45, 2.75) is 62.6 Å². The lowest BCUT2D eigenvalue weighted by atomic mass is 9.59. The number of hydrogen-bond donors (Lipinski definition) is 4. The Morgan fingerprint density at radius 2 is 1.51 bits per heavy atom. The van der Waals surface area contributed by atoms with E-state index in [4.69, 9.17) is 30.3 Å². The van der Waals surface area contributed by atoms with E-state index in [1.54, 1.807) is 13.0 Å². The number of carbonyl (C=O) groups is 3. The Balaban J connectivity index is 1.29. The Bertz CT molecular complexity index is 1780. The number of ether oxygens (including phenoxy) is 3. The summed E-state index contributed by atoms with van der Waals surface area (Å²) in [6.07, 6.45) is 0.185. The zero-order chi connectivity index (χ0) is 35.4. The Morgan fingerprint density at radius 1 is 0.898 bits per heavy atom. The van der Waals surface area contributed by atoms with Gasteiger partial charge in [-0.25, -0.2) is 13.3 Å². The number of phosphoric acid groups is 1. The smallest absolute Gasteiger partial charge is 0.484 e. The van der Waals surface area contributed by atoms with Gasteiger partial charge in [0.25, 0.3) is 11.8 Å². The molecule has 3 aliphatic carbocycles. The number of esters is 1. The minimum Gasteiger partial charge on any atom is -0.484 e. The molecule has 2 amide bonds. The van der Waals surface area contributed by atoms with Gasteiger partial charge in [0.15, 0.2) is 13.2 Å². The van der Waals surface area contributed by atoms with E-state index in [1.165, 1.54) is 48.5 Å². The molecular weight excluding hydrogens is 689 g/mol. The molecule has 4 N–H and O–H groups in total. The lowest BCUT2D eigenvalue weighted by Gasteiger charge is -2.57. The number of hydrogen-bond acceptors (Lipinski definition) is 8. The number of para-hydroxylation sites is 1. The van der Waals surface area contributed by atoms with Crippen LogP contribution in [0.15, 0.2) is 60.7 Å². The quantitative estimate of drug-likeness (QED) is 0.143. The van der Waals surface area contributed by atoms with Crippen LogP contribution in [0.25, 0.3) is 0 Å². The first-order valence-corrected chi connectivity index (χ1v) is 17.2. The molecule has 3 aliphatic rings. The SMILES string of the molecule is Cc1ccc(OCC(=O)NC23CCC(NC(=O)COc4ccc(Cl)c(F)c4)(CC2)C[C@@H]3OC(=O)Cc2ccccc2OP(=O)(O)O)cc1F. The van der Waals surface area contributed by atoms with Crippen LogP contribution in [0.4, 0.5) is 8.78 Å². The first-order chi connectivity index (χ1) is 23.1. The second-order valence-corrected chi connectivity index (χ2v) is 13.7. The summed E-state index contributed by atoms with van der Waals surface area (Å²) in [6, 6.07) is 13.8. The third-order valence-electron chi connectivity index (χ3n) is 8.66. The standard InChI is InChI=1S/C33H34ClF2N2O10P/c1-20-6-7-22(15-25(20)35)46-19-30(40)38-33-12-10-32(11-13-33,37-29(39)18-45-23-8-9-24(34)26(36)16-23)17-28(33)47-31(41)14-21-4-2-3-5-27(21)48-49(42,43)44/h2-9,15-16,28H,10-14,17-19H2,1H3,(H,37,39)(H,38,40)(H2,42,43,44)/t28-,32?,33?/m0/s1. The van der Waals surface area contributed by atoms with E-state index < -0.39 is 74.1 Å². The molecule has 6 rings (SSSR count). The molecule has 3 fully saturated rings. The molecule has 0 spiro atoms. The molecule has 2 bridgehead atoms. The molecule has 0 unspecified atom stereocenters. The molecule has 3 saturated carbocycles. The fourth-order valence-electron chi connectivity index (χ4n) is 6.18. The van der Waals surface area contributed by atoms with Crippen molar-refractivity contribution in [3.63, 3.8) is 0 Å². The Kier molecular flexibility index (Phi) is 10.8. The maximum Gasteiger partial charge on any atom is 0.524 e. The summed E-state index contributed by atoms with van der Waals surface area (Å²) in [7, 11) is -4.92. The third-order valence-corrected chi connectivity index (χ3v) is 9.40. The minimum absolute atomic E-state index is 0.0929. The van der Waals surface area contributed by atoms with Crippen LogP contribution in [0.2, 0.25) is 5.02 Å². The van der Waals surface area contributed by atoms with Gasteiger partial charge < -0.3 is 29.4 Å². The van der Waals surface area contributed by atoms with Crippen LogP contribution in [-0.2, 0) is 30.1 Å². The lowest BCUT2D eigenvalue weighted by Crippen LogP contribution is -2.71. The van der Waals surface area contributed by atoms with Gasteiger partial charge in [0.2, 0.25) is 0 Å². The minimum atomic E-state index is -4.92. The molecule has 1 atom stereocenters. The summed E-state index contributed by atoms with van der Waals surface area (Å²) < 4.78 is 60.9. The molecule has 0 aliphatic heterocycles. The van der Waals surface area contributed by atoms with Crippen LogP contribution in [0, 0.1) is 18.6 Å². The van der Waals surface area contributed by atoms with E-state index in [0.29, 0.717) is 31.2 Å². The van der Waals surface area contributed by atoms with E-state index in [1.807, 2.05) is 0 Å². The predicted octanol–water partition coefficient (Wildman–Crippen LogP) is 4.70. The zero-order valence-electron chi connectivity index (χ0n) is 26.2. The van der Waals surface area contributed by atoms with Crippen molar-refractivity contribution in [1.29, 1.82) is 0 Å². The monoisotopic (exact) mass is 722 g/mol. The fourth-order valence-corrected chi connectivity index (χ4v) is 6.74. The number of rotatable bonds is 13. The molecule has 0 radical (unpaired) electrons. The fraction of sp³-hybridized carbons (Fsp3) is 0.364. The van der Waals surface area contributed by atoms with Gasteiger partial charge in [-0.2, -0.15) is 0 Å². The van der Waals surface area contributed by atoms with Crippen molar-refractivity contribution < 1.29 is 56.3 Å². The molecular formula is C33H34ClF2N2O10P. The molecule has 0 heterocycles. The van der Waals surface area contributed by atoms with Crippen LogP contribution in [0.1, 0.15) is 43.2 Å². The number of aryl methyl sites for hydroxylation is 1. The lowest BCUT2D eigenvalue weighted by molar-refractivity contribution is -0.166. The number of fused-ring (bicyclic) bond motifs is 3. The third kappa shape index (κ3) is 9.27. The number of benzene rings is 3. The maximum absolute atomic E-state index is 14.0. The Hall–Kier alpha value is -4.23. The van der Waals surface area contributed by atoms with E-state index in [0.717, 1.165) is 6.07 Å². The number of nitrogens with one attached hydrogen (secondary N) is 2. The second-order valence-electron chi connectivity index (χ2n) is 12.1. The van der Waals surface area contributed by atoms with Crippen LogP contribution < -0.4 is 24.6 Å². The molecule has 16 heteroatoms. The average Bonchev–Trinajstić information content (AvgIpc) is 3.03. The van der Waals surface area contributed by atoms with Crippen molar-refractivity contribution in [2.75, 3.05) is 13.2 Å². The van der Waals surface area contributed by atoms with Gasteiger partial charge in [0, 0.05) is 29.7 Å². The molecule has 3 aromatic rings. The summed E-state index contributed by atoms with van der Waals surface area (Å²) in [6.45, 7) is 0.725. The normalized spacial score (nSPS) is 21.4. The number of halogens is 3. The molecule has 49 heavy (non-hydrogen) atoms. The van der Waals surface area contributed by atoms with Crippen LogP contribution in [-0.4, -0.2) is 58.0 Å². The van der Waals surface area contributed by atoms with Gasteiger partial charge in [0.1, 0.15) is 35.0 Å². The van der Waals surface area contributed by atoms with E-state index in [-0.39, 0.29) is 34.3 Å². The van der Waals surface area contributed by atoms with Crippen LogP contribution in [0.3, 0.4) is 0 Å². The summed E-state index contributed by atoms with van der Waals surface area (Å²) >= 11 is 5.71. The second kappa shape index (κ2) is 14.7. The molecule has 262 valence electrons. The number of carbonyl (C=O) groups excluding carboxylic acids is 3. The average molecular weight is 723 g/mol. The van der Waals surface area contributed by atoms with Crippen LogP contribution in [0.5, 0.6) is 17.2 Å². The van der Waals surface area contributed by atoms with Crippen molar-refractivity contribution in [2.24, 2.45) is 0 Å². The van der Waals surface area contributed by atoms with E-state index in [2.05, 4.69) is 10.6 Å². The van der Waals surface area contributed by atoms with Crippen LogP contribution >= 0.6 is 19.4 Å². The molecule has 3 aromatic carbocycles. The van der Waals surface area contributed by atoms with Crippen molar-refractivity contribution in [1.82, 2.24) is 10.6 Å². The highest BCUT2D eigenvalue weighted by Crippen LogP contribution is 2.48. The Labute approximate surface area is 285 Å². The largest absolute Gasteiger partial charge is 0.524 e. The maximum atomic E-state index is 14.0. The van der Waals surface area contributed by atoms with Crippen molar-refractivity contribution in [3.8, 4) is 17.2 Å². The van der Waals surface area contributed by atoms with Gasteiger partial charge in [0.05, 0.1) is 17.0 Å².